The van der Waals surface area contributed by atoms with Crippen molar-refractivity contribution in [2.24, 2.45) is 0 Å². The van der Waals surface area contributed by atoms with Crippen LogP contribution in [-0.2, 0) is 0 Å². The van der Waals surface area contributed by atoms with Crippen LogP contribution in [0.4, 0.5) is 5.82 Å². The highest BCUT2D eigenvalue weighted by Gasteiger charge is 2.37. The van der Waals surface area contributed by atoms with Gasteiger partial charge in [0, 0.05) is 16.2 Å². The Morgan fingerprint density at radius 1 is 1.31 bits per heavy atom. The summed E-state index contributed by atoms with van der Waals surface area (Å²) in [6.07, 6.45) is 4.23. The first-order valence-corrected chi connectivity index (χ1v) is 6.15. The van der Waals surface area contributed by atoms with Gasteiger partial charge in [-0.25, -0.2) is 4.98 Å². The maximum absolute atomic E-state index is 4.58. The van der Waals surface area contributed by atoms with Crippen LogP contribution in [-0.4, -0.2) is 15.5 Å². The van der Waals surface area contributed by atoms with E-state index in [1.807, 2.05) is 18.2 Å². The number of fused-ring (bicyclic) bond motifs is 1. The van der Waals surface area contributed by atoms with Gasteiger partial charge in [0.25, 0.3) is 0 Å². The van der Waals surface area contributed by atoms with Crippen LogP contribution in [0, 0.1) is 0 Å². The molecular formula is C12H12BrN3. The van der Waals surface area contributed by atoms with E-state index in [4.69, 9.17) is 0 Å². The van der Waals surface area contributed by atoms with Crippen LogP contribution >= 0.6 is 15.9 Å². The molecule has 0 saturated heterocycles. The zero-order chi connectivity index (χ0) is 11.2. The minimum absolute atomic E-state index is 0.259. The molecule has 0 amide bonds. The molecule has 1 fully saturated rings. The Morgan fingerprint density at radius 3 is 2.88 bits per heavy atom. The molecule has 16 heavy (non-hydrogen) atoms. The number of nitrogens with zero attached hydrogens (tertiary/aromatic N) is 2. The van der Waals surface area contributed by atoms with Crippen LogP contribution in [0.5, 0.6) is 0 Å². The maximum Gasteiger partial charge on any atom is 0.127 e. The van der Waals surface area contributed by atoms with Gasteiger partial charge < -0.3 is 5.32 Å². The SMILES string of the molecule is CC1(Nc2ccc3nccc(Br)c3n2)CC1. The first-order chi connectivity index (χ1) is 7.66. The highest BCUT2D eigenvalue weighted by Crippen LogP contribution is 2.38. The first kappa shape index (κ1) is 10.0. The number of pyridine rings is 2. The lowest BCUT2D eigenvalue weighted by atomic mass is 10.3. The molecule has 0 atom stereocenters. The standard InChI is InChI=1S/C12H12BrN3/c1-12(5-6-12)16-10-3-2-9-11(15-10)8(13)4-7-14-9/h2-4,7H,5-6H2,1H3,(H,15,16). The fourth-order valence-corrected chi connectivity index (χ4v) is 2.09. The van der Waals surface area contributed by atoms with E-state index >= 15 is 0 Å². The van der Waals surface area contributed by atoms with Crippen LogP contribution in [0.1, 0.15) is 19.8 Å². The van der Waals surface area contributed by atoms with Gasteiger partial charge in [-0.15, -0.1) is 0 Å². The van der Waals surface area contributed by atoms with Gasteiger partial charge in [0.05, 0.1) is 5.52 Å². The van der Waals surface area contributed by atoms with Crippen molar-refractivity contribution in [3.05, 3.63) is 28.9 Å². The van der Waals surface area contributed by atoms with Crippen molar-refractivity contribution in [3.8, 4) is 0 Å². The molecule has 82 valence electrons. The largest absolute Gasteiger partial charge is 0.365 e. The fraction of sp³-hybridized carbons (Fsp3) is 0.333. The lowest BCUT2D eigenvalue weighted by Gasteiger charge is -2.12. The van der Waals surface area contributed by atoms with E-state index < -0.39 is 0 Å². The second-order valence-electron chi connectivity index (χ2n) is 4.54. The van der Waals surface area contributed by atoms with Crippen LogP contribution < -0.4 is 5.32 Å². The van der Waals surface area contributed by atoms with Crippen molar-refractivity contribution < 1.29 is 0 Å². The van der Waals surface area contributed by atoms with Gasteiger partial charge in [-0.1, -0.05) is 0 Å². The van der Waals surface area contributed by atoms with Gasteiger partial charge in [0.1, 0.15) is 11.3 Å². The van der Waals surface area contributed by atoms with Crippen molar-refractivity contribution in [1.29, 1.82) is 0 Å². The monoisotopic (exact) mass is 277 g/mol. The minimum Gasteiger partial charge on any atom is -0.365 e. The Morgan fingerprint density at radius 2 is 2.12 bits per heavy atom. The van der Waals surface area contributed by atoms with Crippen LogP contribution in [0.15, 0.2) is 28.9 Å². The van der Waals surface area contributed by atoms with Crippen molar-refractivity contribution in [1.82, 2.24) is 9.97 Å². The van der Waals surface area contributed by atoms with Crippen molar-refractivity contribution in [2.75, 3.05) is 5.32 Å². The Labute approximate surface area is 102 Å². The zero-order valence-electron chi connectivity index (χ0n) is 9.00. The van der Waals surface area contributed by atoms with Crippen LogP contribution in [0.2, 0.25) is 0 Å². The summed E-state index contributed by atoms with van der Waals surface area (Å²) < 4.78 is 0.988. The first-order valence-electron chi connectivity index (χ1n) is 5.36. The number of halogens is 1. The van der Waals surface area contributed by atoms with E-state index in [-0.39, 0.29) is 5.54 Å². The van der Waals surface area contributed by atoms with E-state index in [0.717, 1.165) is 21.3 Å². The lowest BCUT2D eigenvalue weighted by Crippen LogP contribution is -2.16. The van der Waals surface area contributed by atoms with Crippen molar-refractivity contribution in [3.63, 3.8) is 0 Å². The molecule has 0 unspecified atom stereocenters. The summed E-state index contributed by atoms with van der Waals surface area (Å²) in [4.78, 5) is 8.85. The second kappa shape index (κ2) is 3.42. The Kier molecular flexibility index (Phi) is 2.14. The quantitative estimate of drug-likeness (QED) is 0.915. The Balaban J connectivity index is 2.04. The number of nitrogens with one attached hydrogen (secondary N) is 1. The van der Waals surface area contributed by atoms with Crippen molar-refractivity contribution >= 4 is 32.8 Å². The van der Waals surface area contributed by atoms with Crippen LogP contribution in [0.3, 0.4) is 0 Å². The maximum atomic E-state index is 4.58. The summed E-state index contributed by atoms with van der Waals surface area (Å²) in [5, 5.41) is 3.45. The fourth-order valence-electron chi connectivity index (χ4n) is 1.68. The van der Waals surface area contributed by atoms with Gasteiger partial charge in [-0.3, -0.25) is 4.98 Å². The third-order valence-corrected chi connectivity index (χ3v) is 3.60. The predicted octanol–water partition coefficient (Wildman–Crippen LogP) is 3.36. The van der Waals surface area contributed by atoms with Crippen molar-refractivity contribution in [2.45, 2.75) is 25.3 Å². The molecule has 0 spiro atoms. The number of hydrogen-bond donors (Lipinski definition) is 1. The summed E-state index contributed by atoms with van der Waals surface area (Å²) in [5.41, 5.74) is 2.09. The number of anilines is 1. The molecule has 0 aromatic carbocycles. The molecule has 3 rings (SSSR count). The molecule has 1 aliphatic rings. The molecule has 1 aliphatic carbocycles. The molecule has 1 saturated carbocycles. The summed E-state index contributed by atoms with van der Waals surface area (Å²) in [6.45, 7) is 2.22. The highest BCUT2D eigenvalue weighted by atomic mass is 79.9. The molecule has 2 aromatic heterocycles. The van der Waals surface area contributed by atoms with Gasteiger partial charge in [0.2, 0.25) is 0 Å². The number of aromatic nitrogens is 2. The normalized spacial score (nSPS) is 17.4. The molecule has 1 N–H and O–H groups in total. The average molecular weight is 278 g/mol. The molecular weight excluding hydrogens is 266 g/mol. The van der Waals surface area contributed by atoms with Gasteiger partial charge in [-0.2, -0.15) is 0 Å². The van der Waals surface area contributed by atoms with E-state index in [0.29, 0.717) is 0 Å². The molecule has 0 radical (unpaired) electrons. The van der Waals surface area contributed by atoms with Gasteiger partial charge >= 0.3 is 0 Å². The topological polar surface area (TPSA) is 37.8 Å². The summed E-state index contributed by atoms with van der Waals surface area (Å²) in [7, 11) is 0. The van der Waals surface area contributed by atoms with Crippen LogP contribution in [0.25, 0.3) is 11.0 Å². The smallest absolute Gasteiger partial charge is 0.127 e. The molecule has 4 heteroatoms. The van der Waals surface area contributed by atoms with Gasteiger partial charge in [-0.05, 0) is 53.9 Å². The van der Waals surface area contributed by atoms with E-state index in [9.17, 15) is 0 Å². The van der Waals surface area contributed by atoms with E-state index in [1.165, 1.54) is 12.8 Å². The molecule has 3 nitrogen and oxygen atoms in total. The minimum atomic E-state index is 0.259. The molecule has 0 bridgehead atoms. The number of rotatable bonds is 2. The van der Waals surface area contributed by atoms with E-state index in [1.54, 1.807) is 6.20 Å². The summed E-state index contributed by atoms with van der Waals surface area (Å²) in [6, 6.07) is 5.91. The molecule has 0 aliphatic heterocycles. The second-order valence-corrected chi connectivity index (χ2v) is 5.40. The average Bonchev–Trinajstić information content (AvgIpc) is 2.97. The Hall–Kier alpha value is -1.16. The highest BCUT2D eigenvalue weighted by molar-refractivity contribution is 9.10. The summed E-state index contributed by atoms with van der Waals surface area (Å²) in [5.74, 6) is 0.932. The molecule has 2 aromatic rings. The third-order valence-electron chi connectivity index (χ3n) is 2.96. The van der Waals surface area contributed by atoms with Gasteiger partial charge in [0.15, 0.2) is 0 Å². The molecule has 2 heterocycles. The number of hydrogen-bond acceptors (Lipinski definition) is 3. The predicted molar refractivity (Wildman–Crippen MR) is 68.5 cm³/mol. The summed E-state index contributed by atoms with van der Waals surface area (Å²) >= 11 is 3.50. The van der Waals surface area contributed by atoms with E-state index in [2.05, 4.69) is 38.1 Å². The Bertz CT molecular complexity index is 549. The zero-order valence-corrected chi connectivity index (χ0v) is 10.6. The third kappa shape index (κ3) is 1.78. The lowest BCUT2D eigenvalue weighted by molar-refractivity contribution is 0.822.